The molecule has 0 unspecified atom stereocenters. The first-order valence-corrected chi connectivity index (χ1v) is 7.59. The Morgan fingerprint density at radius 3 is 2.11 bits per heavy atom. The minimum atomic E-state index is 0.136. The summed E-state index contributed by atoms with van der Waals surface area (Å²) in [4.78, 5) is 13.6. The van der Waals surface area contributed by atoms with E-state index in [-0.39, 0.29) is 5.91 Å². The predicted molar refractivity (Wildman–Crippen MR) is 82.5 cm³/mol. The lowest BCUT2D eigenvalue weighted by Gasteiger charge is -2.21. The zero-order valence-corrected chi connectivity index (χ0v) is 12.4. The van der Waals surface area contributed by atoms with Gasteiger partial charge in [-0.05, 0) is 18.6 Å². The van der Waals surface area contributed by atoms with Crippen molar-refractivity contribution in [1.29, 1.82) is 0 Å². The van der Waals surface area contributed by atoms with Gasteiger partial charge in [-0.15, -0.1) is 0 Å². The average molecular weight is 261 g/mol. The van der Waals surface area contributed by atoms with Crippen LogP contribution in [-0.4, -0.2) is 12.5 Å². The molecule has 1 aromatic rings. The summed E-state index contributed by atoms with van der Waals surface area (Å²) in [7, 11) is 0. The molecule has 2 heteroatoms. The van der Waals surface area contributed by atoms with Crippen molar-refractivity contribution in [2.45, 2.75) is 58.8 Å². The van der Waals surface area contributed by atoms with Gasteiger partial charge in [0.15, 0.2) is 0 Å². The van der Waals surface area contributed by atoms with Crippen LogP contribution in [0.3, 0.4) is 0 Å². The summed E-state index contributed by atoms with van der Waals surface area (Å²) in [6, 6.07) is 9.95. The summed E-state index contributed by atoms with van der Waals surface area (Å²) in [6.45, 7) is 4.73. The van der Waals surface area contributed by atoms with Crippen molar-refractivity contribution in [2.75, 3.05) is 11.4 Å². The van der Waals surface area contributed by atoms with Gasteiger partial charge in [0.1, 0.15) is 0 Å². The van der Waals surface area contributed by atoms with E-state index in [4.69, 9.17) is 0 Å². The van der Waals surface area contributed by atoms with E-state index < -0.39 is 0 Å². The van der Waals surface area contributed by atoms with E-state index in [1.807, 2.05) is 35.2 Å². The van der Waals surface area contributed by atoms with Gasteiger partial charge in [0.05, 0.1) is 0 Å². The van der Waals surface area contributed by atoms with Crippen LogP contribution >= 0.6 is 0 Å². The van der Waals surface area contributed by atoms with Crippen LogP contribution in [0.25, 0.3) is 0 Å². The fraction of sp³-hybridized carbons (Fsp3) is 0.588. The van der Waals surface area contributed by atoms with Crippen LogP contribution in [0.1, 0.15) is 58.8 Å². The molecule has 0 N–H and O–H groups in total. The second-order valence-electron chi connectivity index (χ2n) is 5.13. The van der Waals surface area contributed by atoms with Crippen LogP contribution in [0.15, 0.2) is 30.3 Å². The Kier molecular flexibility index (Phi) is 7.95. The summed E-state index contributed by atoms with van der Waals surface area (Å²) in [5, 5.41) is 0. The molecule has 19 heavy (non-hydrogen) atoms. The van der Waals surface area contributed by atoms with E-state index in [0.29, 0.717) is 0 Å². The Morgan fingerprint density at radius 2 is 1.53 bits per heavy atom. The second kappa shape index (κ2) is 9.60. The van der Waals surface area contributed by atoms with Gasteiger partial charge in [-0.1, -0.05) is 63.6 Å². The maximum Gasteiger partial charge on any atom is 0.223 e. The second-order valence-corrected chi connectivity index (χ2v) is 5.13. The fourth-order valence-corrected chi connectivity index (χ4v) is 2.30. The highest BCUT2D eigenvalue weighted by molar-refractivity contribution is 5.91. The molecule has 0 aliphatic carbocycles. The molecule has 0 radical (unpaired) electrons. The largest absolute Gasteiger partial charge is 0.313 e. The molecule has 0 aromatic heterocycles. The van der Waals surface area contributed by atoms with Gasteiger partial charge in [0, 0.05) is 19.2 Å². The molecule has 1 amide bonds. The molecular weight excluding hydrogens is 234 g/mol. The number of amides is 1. The van der Waals surface area contributed by atoms with E-state index in [1.54, 1.807) is 6.92 Å². The number of para-hydroxylation sites is 1. The zero-order chi connectivity index (χ0) is 13.9. The highest BCUT2D eigenvalue weighted by Gasteiger charge is 2.09. The van der Waals surface area contributed by atoms with Gasteiger partial charge in [-0.25, -0.2) is 0 Å². The lowest BCUT2D eigenvalue weighted by atomic mass is 10.1. The topological polar surface area (TPSA) is 20.3 Å². The van der Waals surface area contributed by atoms with Crippen LogP contribution in [0.2, 0.25) is 0 Å². The van der Waals surface area contributed by atoms with E-state index in [0.717, 1.165) is 18.7 Å². The van der Waals surface area contributed by atoms with E-state index >= 15 is 0 Å². The number of carbonyl (C=O) groups is 1. The van der Waals surface area contributed by atoms with Crippen LogP contribution in [0, 0.1) is 0 Å². The molecule has 0 heterocycles. The predicted octanol–water partition coefficient (Wildman–Crippen LogP) is 4.79. The first kappa shape index (κ1) is 15.7. The smallest absolute Gasteiger partial charge is 0.223 e. The molecule has 0 saturated heterocycles. The molecule has 1 rings (SSSR count). The van der Waals surface area contributed by atoms with Gasteiger partial charge >= 0.3 is 0 Å². The molecule has 106 valence electrons. The lowest BCUT2D eigenvalue weighted by Crippen LogP contribution is -2.29. The van der Waals surface area contributed by atoms with Crippen LogP contribution in [0.4, 0.5) is 5.69 Å². The third-order valence-corrected chi connectivity index (χ3v) is 3.43. The number of benzene rings is 1. The van der Waals surface area contributed by atoms with Crippen LogP contribution in [-0.2, 0) is 4.79 Å². The maximum atomic E-state index is 11.7. The molecule has 2 nitrogen and oxygen atoms in total. The molecule has 0 bridgehead atoms. The molecular formula is C17H27NO. The van der Waals surface area contributed by atoms with Crippen LogP contribution in [0.5, 0.6) is 0 Å². The van der Waals surface area contributed by atoms with Crippen molar-refractivity contribution in [2.24, 2.45) is 0 Å². The number of carbonyl (C=O) groups excluding carboxylic acids is 1. The fourth-order valence-electron chi connectivity index (χ4n) is 2.30. The SMILES string of the molecule is CCCCCCCCCN(C(C)=O)c1ccccc1. The number of anilines is 1. The quantitative estimate of drug-likeness (QED) is 0.585. The Balaban J connectivity index is 2.26. The number of rotatable bonds is 9. The third kappa shape index (κ3) is 6.42. The average Bonchev–Trinajstić information content (AvgIpc) is 2.42. The minimum absolute atomic E-state index is 0.136. The summed E-state index contributed by atoms with van der Waals surface area (Å²) in [5.74, 6) is 0.136. The number of nitrogens with zero attached hydrogens (tertiary/aromatic N) is 1. The van der Waals surface area contributed by atoms with E-state index in [1.165, 1.54) is 38.5 Å². The van der Waals surface area contributed by atoms with Crippen molar-refractivity contribution in [3.05, 3.63) is 30.3 Å². The molecule has 0 atom stereocenters. The van der Waals surface area contributed by atoms with E-state index in [9.17, 15) is 4.79 Å². The zero-order valence-electron chi connectivity index (χ0n) is 12.4. The standard InChI is InChI=1S/C17H27NO/c1-3-4-5-6-7-8-12-15-18(16(2)19)17-13-10-9-11-14-17/h9-11,13-14H,3-8,12,15H2,1-2H3. The Labute approximate surface area is 117 Å². The highest BCUT2D eigenvalue weighted by atomic mass is 16.2. The Morgan fingerprint density at radius 1 is 0.947 bits per heavy atom. The molecule has 0 aliphatic rings. The molecule has 1 aromatic carbocycles. The monoisotopic (exact) mass is 261 g/mol. The molecule has 0 spiro atoms. The van der Waals surface area contributed by atoms with Crippen molar-refractivity contribution >= 4 is 11.6 Å². The lowest BCUT2D eigenvalue weighted by molar-refractivity contribution is -0.116. The maximum absolute atomic E-state index is 11.7. The summed E-state index contributed by atoms with van der Waals surface area (Å²) in [6.07, 6.45) is 8.95. The molecule has 0 fully saturated rings. The highest BCUT2D eigenvalue weighted by Crippen LogP contribution is 2.15. The van der Waals surface area contributed by atoms with Gasteiger partial charge in [0.25, 0.3) is 0 Å². The van der Waals surface area contributed by atoms with Gasteiger partial charge < -0.3 is 4.90 Å². The number of unbranched alkanes of at least 4 members (excludes halogenated alkanes) is 6. The van der Waals surface area contributed by atoms with E-state index in [2.05, 4.69) is 6.92 Å². The van der Waals surface area contributed by atoms with Crippen molar-refractivity contribution in [1.82, 2.24) is 0 Å². The van der Waals surface area contributed by atoms with Crippen molar-refractivity contribution in [3.63, 3.8) is 0 Å². The molecule has 0 saturated carbocycles. The van der Waals surface area contributed by atoms with Gasteiger partial charge in [0.2, 0.25) is 5.91 Å². The van der Waals surface area contributed by atoms with Crippen molar-refractivity contribution in [3.8, 4) is 0 Å². The van der Waals surface area contributed by atoms with Gasteiger partial charge in [-0.2, -0.15) is 0 Å². The Bertz CT molecular complexity index is 348. The first-order valence-electron chi connectivity index (χ1n) is 7.59. The summed E-state index contributed by atoms with van der Waals surface area (Å²) < 4.78 is 0. The van der Waals surface area contributed by atoms with Crippen LogP contribution < -0.4 is 4.90 Å². The first-order chi connectivity index (χ1) is 9.25. The molecule has 0 aliphatic heterocycles. The summed E-state index contributed by atoms with van der Waals surface area (Å²) >= 11 is 0. The normalized spacial score (nSPS) is 10.4. The minimum Gasteiger partial charge on any atom is -0.313 e. The summed E-state index contributed by atoms with van der Waals surface area (Å²) in [5.41, 5.74) is 1.01. The number of hydrogen-bond donors (Lipinski definition) is 0. The van der Waals surface area contributed by atoms with Gasteiger partial charge in [-0.3, -0.25) is 4.79 Å². The van der Waals surface area contributed by atoms with Crippen molar-refractivity contribution < 1.29 is 4.79 Å². The Hall–Kier alpha value is -1.31. The third-order valence-electron chi connectivity index (χ3n) is 3.43. The number of hydrogen-bond acceptors (Lipinski definition) is 1.